The van der Waals surface area contributed by atoms with Crippen molar-refractivity contribution in [2.75, 3.05) is 6.61 Å². The lowest BCUT2D eigenvalue weighted by atomic mass is 10.0. The Hall–Kier alpha value is -2.53. The molecular weight excluding hydrogens is 344 g/mol. The highest BCUT2D eigenvalue weighted by atomic mass is 32.2. The monoisotopic (exact) mass is 366 g/mol. The number of nitrogens with zero attached hydrogens (tertiary/aromatic N) is 1. The number of aliphatic imine (C=N–C) groups is 1. The maximum absolute atomic E-state index is 12.2. The lowest BCUT2D eigenvalue weighted by molar-refractivity contribution is -0.115. The molecule has 4 nitrogen and oxygen atoms in total. The first-order valence-electron chi connectivity index (χ1n) is 8.67. The molecule has 0 saturated carbocycles. The van der Waals surface area contributed by atoms with E-state index in [1.165, 1.54) is 17.3 Å². The largest absolute Gasteiger partial charge is 0.494 e. The van der Waals surface area contributed by atoms with Gasteiger partial charge in [-0.05, 0) is 66.1 Å². The molecule has 3 rings (SSSR count). The SMILES string of the molecule is CCOc1ccc(N=C2NC(=O)/C(=C/c3ccc(C(C)C)cc3)S2)cc1. The average Bonchev–Trinajstić information content (AvgIpc) is 2.96. The van der Waals surface area contributed by atoms with Gasteiger partial charge in [-0.15, -0.1) is 0 Å². The molecule has 5 heteroatoms. The van der Waals surface area contributed by atoms with Crippen LogP contribution in [0, 0.1) is 0 Å². The fourth-order valence-corrected chi connectivity index (χ4v) is 3.35. The van der Waals surface area contributed by atoms with Crippen LogP contribution in [0.2, 0.25) is 0 Å². The lowest BCUT2D eigenvalue weighted by Gasteiger charge is -2.04. The van der Waals surface area contributed by atoms with Crippen LogP contribution in [0.4, 0.5) is 5.69 Å². The van der Waals surface area contributed by atoms with Crippen LogP contribution in [0.5, 0.6) is 5.75 Å². The molecule has 0 spiro atoms. The summed E-state index contributed by atoms with van der Waals surface area (Å²) in [5.41, 5.74) is 3.07. The van der Waals surface area contributed by atoms with Gasteiger partial charge in [-0.1, -0.05) is 38.1 Å². The molecule has 1 N–H and O–H groups in total. The zero-order valence-corrected chi connectivity index (χ0v) is 16.0. The summed E-state index contributed by atoms with van der Waals surface area (Å²) in [6.45, 7) is 6.91. The van der Waals surface area contributed by atoms with E-state index in [0.717, 1.165) is 17.0 Å². The van der Waals surface area contributed by atoms with Crippen molar-refractivity contribution in [2.45, 2.75) is 26.7 Å². The molecule has 0 aliphatic carbocycles. The minimum Gasteiger partial charge on any atom is -0.494 e. The van der Waals surface area contributed by atoms with Gasteiger partial charge in [-0.25, -0.2) is 4.99 Å². The summed E-state index contributed by atoms with van der Waals surface area (Å²) in [6.07, 6.45) is 1.89. The highest BCUT2D eigenvalue weighted by molar-refractivity contribution is 8.18. The quantitative estimate of drug-likeness (QED) is 0.749. The number of benzene rings is 2. The Kier molecular flexibility index (Phi) is 5.78. The van der Waals surface area contributed by atoms with Gasteiger partial charge in [0.1, 0.15) is 5.75 Å². The third kappa shape index (κ3) is 4.55. The molecule has 0 aromatic heterocycles. The van der Waals surface area contributed by atoms with Crippen molar-refractivity contribution < 1.29 is 9.53 Å². The molecule has 1 fully saturated rings. The van der Waals surface area contributed by atoms with Crippen molar-refractivity contribution in [3.63, 3.8) is 0 Å². The first-order valence-corrected chi connectivity index (χ1v) is 9.49. The van der Waals surface area contributed by atoms with Crippen LogP contribution >= 0.6 is 11.8 Å². The van der Waals surface area contributed by atoms with Crippen LogP contribution in [0.1, 0.15) is 37.8 Å². The summed E-state index contributed by atoms with van der Waals surface area (Å²) >= 11 is 1.35. The van der Waals surface area contributed by atoms with E-state index in [4.69, 9.17) is 4.74 Å². The molecule has 1 saturated heterocycles. The fourth-order valence-electron chi connectivity index (χ4n) is 2.51. The van der Waals surface area contributed by atoms with Gasteiger partial charge in [0.05, 0.1) is 17.2 Å². The van der Waals surface area contributed by atoms with E-state index in [-0.39, 0.29) is 5.91 Å². The zero-order valence-electron chi connectivity index (χ0n) is 15.2. The van der Waals surface area contributed by atoms with Gasteiger partial charge in [0.25, 0.3) is 5.91 Å². The van der Waals surface area contributed by atoms with Gasteiger partial charge in [0.2, 0.25) is 0 Å². The zero-order chi connectivity index (χ0) is 18.5. The lowest BCUT2D eigenvalue weighted by Crippen LogP contribution is -2.19. The number of amidine groups is 1. The van der Waals surface area contributed by atoms with Crippen molar-refractivity contribution in [1.82, 2.24) is 5.32 Å². The topological polar surface area (TPSA) is 50.7 Å². The number of nitrogens with one attached hydrogen (secondary N) is 1. The molecule has 1 aliphatic rings. The number of carbonyl (C=O) groups is 1. The van der Waals surface area contributed by atoms with E-state index >= 15 is 0 Å². The average molecular weight is 366 g/mol. The highest BCUT2D eigenvalue weighted by Crippen LogP contribution is 2.29. The molecule has 26 heavy (non-hydrogen) atoms. The van der Waals surface area contributed by atoms with E-state index < -0.39 is 0 Å². The molecular formula is C21H22N2O2S. The molecule has 0 bridgehead atoms. The van der Waals surface area contributed by atoms with E-state index in [1.807, 2.05) is 49.4 Å². The fraction of sp³-hybridized carbons (Fsp3) is 0.238. The molecule has 1 aliphatic heterocycles. The Balaban J connectivity index is 1.73. The third-order valence-electron chi connectivity index (χ3n) is 3.93. The van der Waals surface area contributed by atoms with Crippen molar-refractivity contribution in [3.8, 4) is 5.75 Å². The smallest absolute Gasteiger partial charge is 0.264 e. The van der Waals surface area contributed by atoms with Crippen LogP contribution < -0.4 is 10.1 Å². The Morgan fingerprint density at radius 2 is 1.81 bits per heavy atom. The summed E-state index contributed by atoms with van der Waals surface area (Å²) in [7, 11) is 0. The van der Waals surface area contributed by atoms with Crippen LogP contribution in [0.15, 0.2) is 58.4 Å². The molecule has 0 atom stereocenters. The van der Waals surface area contributed by atoms with E-state index in [0.29, 0.717) is 22.6 Å². The highest BCUT2D eigenvalue weighted by Gasteiger charge is 2.23. The molecule has 2 aromatic rings. The minimum absolute atomic E-state index is 0.118. The standard InChI is InChI=1S/C21H22N2O2S/c1-4-25-18-11-9-17(10-12-18)22-21-23-20(24)19(26-21)13-15-5-7-16(8-6-15)14(2)3/h5-14H,4H2,1-3H3,(H,22,23,24)/b19-13-. The predicted molar refractivity (Wildman–Crippen MR) is 109 cm³/mol. The van der Waals surface area contributed by atoms with E-state index in [9.17, 15) is 4.79 Å². The maximum atomic E-state index is 12.2. The van der Waals surface area contributed by atoms with E-state index in [1.54, 1.807) is 0 Å². The van der Waals surface area contributed by atoms with Crippen LogP contribution in [-0.4, -0.2) is 17.7 Å². The first kappa shape index (κ1) is 18.3. The molecule has 0 radical (unpaired) electrons. The van der Waals surface area contributed by atoms with Crippen molar-refractivity contribution in [2.24, 2.45) is 4.99 Å². The molecule has 134 valence electrons. The van der Waals surface area contributed by atoms with Crippen LogP contribution in [0.3, 0.4) is 0 Å². The van der Waals surface area contributed by atoms with Crippen molar-refractivity contribution in [1.29, 1.82) is 0 Å². The van der Waals surface area contributed by atoms with Gasteiger partial charge < -0.3 is 10.1 Å². The Bertz CT molecular complexity index is 837. The second-order valence-electron chi connectivity index (χ2n) is 6.23. The first-order chi connectivity index (χ1) is 12.5. The molecule has 2 aromatic carbocycles. The Labute approximate surface area is 158 Å². The summed E-state index contributed by atoms with van der Waals surface area (Å²) in [4.78, 5) is 17.3. The number of hydrogen-bond donors (Lipinski definition) is 1. The van der Waals surface area contributed by atoms with Crippen LogP contribution in [-0.2, 0) is 4.79 Å². The van der Waals surface area contributed by atoms with Crippen LogP contribution in [0.25, 0.3) is 6.08 Å². The summed E-state index contributed by atoms with van der Waals surface area (Å²) < 4.78 is 5.42. The molecule has 1 amide bonds. The number of thioether (sulfide) groups is 1. The minimum atomic E-state index is -0.118. The number of carbonyl (C=O) groups excluding carboxylic acids is 1. The normalized spacial score (nSPS) is 17.2. The van der Waals surface area contributed by atoms with Gasteiger partial charge in [-0.3, -0.25) is 4.79 Å². The number of ether oxygens (including phenoxy) is 1. The van der Waals surface area contributed by atoms with Crippen molar-refractivity contribution in [3.05, 3.63) is 64.6 Å². The third-order valence-corrected chi connectivity index (χ3v) is 4.84. The Morgan fingerprint density at radius 1 is 1.12 bits per heavy atom. The van der Waals surface area contributed by atoms with Gasteiger partial charge in [0.15, 0.2) is 5.17 Å². The molecule has 1 heterocycles. The number of hydrogen-bond acceptors (Lipinski definition) is 4. The van der Waals surface area contributed by atoms with Gasteiger partial charge in [-0.2, -0.15) is 0 Å². The van der Waals surface area contributed by atoms with E-state index in [2.05, 4.69) is 36.3 Å². The summed E-state index contributed by atoms with van der Waals surface area (Å²) in [6, 6.07) is 15.8. The molecule has 0 unspecified atom stereocenters. The maximum Gasteiger partial charge on any atom is 0.264 e. The summed E-state index contributed by atoms with van der Waals surface area (Å²) in [5, 5.41) is 3.40. The van der Waals surface area contributed by atoms with Gasteiger partial charge in [0, 0.05) is 0 Å². The second-order valence-corrected chi connectivity index (χ2v) is 7.26. The van der Waals surface area contributed by atoms with Gasteiger partial charge >= 0.3 is 0 Å². The predicted octanol–water partition coefficient (Wildman–Crippen LogP) is 5.10. The van der Waals surface area contributed by atoms with Crippen molar-refractivity contribution >= 4 is 34.6 Å². The second kappa shape index (κ2) is 8.23. The number of amides is 1. The Morgan fingerprint density at radius 3 is 2.42 bits per heavy atom. The number of rotatable bonds is 5. The summed E-state index contributed by atoms with van der Waals surface area (Å²) in [5.74, 6) is 1.19.